The Labute approximate surface area is 200 Å². The third-order valence-electron chi connectivity index (χ3n) is 7.43. The Balaban J connectivity index is 1.47. The van der Waals surface area contributed by atoms with Crippen molar-refractivity contribution in [2.24, 2.45) is 0 Å². The molecule has 3 heterocycles. The summed E-state index contributed by atoms with van der Waals surface area (Å²) in [5.74, 6) is 0.521. The van der Waals surface area contributed by atoms with Gasteiger partial charge in [0.05, 0.1) is 18.5 Å². The van der Waals surface area contributed by atoms with Gasteiger partial charge in [0.15, 0.2) is 0 Å². The van der Waals surface area contributed by atoms with Crippen molar-refractivity contribution in [2.75, 3.05) is 6.54 Å². The van der Waals surface area contributed by atoms with Crippen molar-refractivity contribution in [3.63, 3.8) is 0 Å². The first-order chi connectivity index (χ1) is 16.6. The standard InChI is InChI=1S/C28H33N3O3/c1-28(27(33)29-22-12-7-2-3-8-13-22)20-30-23(25-14-9-19-34-25)15-16-24(30)26(32)31(28)18-17-21-10-5-4-6-11-21/h4-6,9-11,14-16,19,22H,2-3,7-8,12-13,17-18,20H2,1H3,(H,29,33)/t28-/m0/s1. The van der Waals surface area contributed by atoms with Crippen molar-refractivity contribution in [3.05, 3.63) is 72.1 Å². The molecule has 0 spiro atoms. The van der Waals surface area contributed by atoms with Crippen LogP contribution in [0, 0.1) is 0 Å². The molecule has 0 bridgehead atoms. The fourth-order valence-electron chi connectivity index (χ4n) is 5.41. The summed E-state index contributed by atoms with van der Waals surface area (Å²) in [7, 11) is 0. The molecule has 2 aliphatic rings. The molecule has 0 radical (unpaired) electrons. The van der Waals surface area contributed by atoms with Gasteiger partial charge >= 0.3 is 0 Å². The van der Waals surface area contributed by atoms with Crippen molar-refractivity contribution in [2.45, 2.75) is 70.0 Å². The number of aromatic nitrogens is 1. The molecule has 1 aliphatic heterocycles. The Bertz CT molecular complexity index is 1130. The minimum Gasteiger partial charge on any atom is -0.463 e. The number of benzene rings is 1. The molecule has 6 heteroatoms. The number of fused-ring (bicyclic) bond motifs is 1. The minimum atomic E-state index is -0.995. The van der Waals surface area contributed by atoms with E-state index in [9.17, 15) is 9.59 Å². The van der Waals surface area contributed by atoms with Gasteiger partial charge in [0.2, 0.25) is 5.91 Å². The van der Waals surface area contributed by atoms with Gasteiger partial charge in [-0.3, -0.25) is 9.59 Å². The minimum absolute atomic E-state index is 0.0643. The maximum absolute atomic E-state index is 13.9. The van der Waals surface area contributed by atoms with E-state index in [1.54, 1.807) is 11.2 Å². The molecule has 6 nitrogen and oxygen atoms in total. The number of nitrogens with zero attached hydrogens (tertiary/aromatic N) is 2. The van der Waals surface area contributed by atoms with E-state index in [0.29, 0.717) is 31.0 Å². The van der Waals surface area contributed by atoms with Crippen LogP contribution >= 0.6 is 0 Å². The third kappa shape index (κ3) is 4.29. The lowest BCUT2D eigenvalue weighted by atomic mass is 9.93. The van der Waals surface area contributed by atoms with E-state index in [4.69, 9.17) is 4.42 Å². The van der Waals surface area contributed by atoms with Crippen LogP contribution in [0.3, 0.4) is 0 Å². The van der Waals surface area contributed by atoms with Crippen LogP contribution in [-0.2, 0) is 17.8 Å². The van der Waals surface area contributed by atoms with Gasteiger partial charge in [-0.2, -0.15) is 0 Å². The van der Waals surface area contributed by atoms with Gasteiger partial charge in [-0.1, -0.05) is 56.0 Å². The molecule has 1 atom stereocenters. The van der Waals surface area contributed by atoms with E-state index < -0.39 is 5.54 Å². The van der Waals surface area contributed by atoms with Crippen molar-refractivity contribution >= 4 is 11.8 Å². The number of carbonyl (C=O) groups is 2. The van der Waals surface area contributed by atoms with Crippen molar-refractivity contribution in [3.8, 4) is 11.5 Å². The van der Waals surface area contributed by atoms with E-state index in [0.717, 1.165) is 36.9 Å². The van der Waals surface area contributed by atoms with E-state index in [2.05, 4.69) is 17.4 Å². The van der Waals surface area contributed by atoms with Crippen molar-refractivity contribution in [1.82, 2.24) is 14.8 Å². The molecule has 1 N–H and O–H groups in total. The molecule has 1 aromatic carbocycles. The quantitative estimate of drug-likeness (QED) is 0.525. The summed E-state index contributed by atoms with van der Waals surface area (Å²) < 4.78 is 7.58. The van der Waals surface area contributed by atoms with Gasteiger partial charge < -0.3 is 19.2 Å². The van der Waals surface area contributed by atoms with Crippen LogP contribution in [0.15, 0.2) is 65.3 Å². The molecule has 0 unspecified atom stereocenters. The highest BCUT2D eigenvalue weighted by atomic mass is 16.3. The largest absolute Gasteiger partial charge is 0.463 e. The van der Waals surface area contributed by atoms with Crippen LogP contribution in [-0.4, -0.2) is 39.4 Å². The summed E-state index contributed by atoms with van der Waals surface area (Å²) in [6.07, 6.45) is 9.08. The van der Waals surface area contributed by atoms with Crippen LogP contribution < -0.4 is 5.32 Å². The summed E-state index contributed by atoms with van der Waals surface area (Å²) in [4.78, 5) is 29.4. The van der Waals surface area contributed by atoms with E-state index in [-0.39, 0.29) is 17.9 Å². The molecule has 178 valence electrons. The van der Waals surface area contributed by atoms with Gasteiger partial charge in [0.25, 0.3) is 5.91 Å². The Morgan fingerprint density at radius 1 is 1.00 bits per heavy atom. The molecule has 0 saturated heterocycles. The summed E-state index contributed by atoms with van der Waals surface area (Å²) >= 11 is 0. The first-order valence-electron chi connectivity index (χ1n) is 12.5. The second-order valence-corrected chi connectivity index (χ2v) is 9.80. The first-order valence-corrected chi connectivity index (χ1v) is 12.5. The number of hydrogen-bond donors (Lipinski definition) is 1. The summed E-state index contributed by atoms with van der Waals surface area (Å²) in [5, 5.41) is 3.33. The maximum atomic E-state index is 13.9. The fraction of sp³-hybridized carbons (Fsp3) is 0.429. The smallest absolute Gasteiger partial charge is 0.271 e. The molecule has 2 amide bonds. The Morgan fingerprint density at radius 3 is 2.44 bits per heavy atom. The van der Waals surface area contributed by atoms with E-state index in [1.807, 2.05) is 54.0 Å². The number of furan rings is 1. The van der Waals surface area contributed by atoms with Crippen molar-refractivity contribution in [1.29, 1.82) is 0 Å². The highest BCUT2D eigenvalue weighted by Crippen LogP contribution is 2.34. The molecule has 1 saturated carbocycles. The zero-order chi connectivity index (χ0) is 23.5. The molecule has 3 aromatic rings. The normalized spacial score (nSPS) is 21.2. The molecule has 2 aromatic heterocycles. The lowest BCUT2D eigenvalue weighted by Crippen LogP contribution is -2.65. The topological polar surface area (TPSA) is 67.5 Å². The SMILES string of the molecule is C[C@@]1(C(=O)NC2CCCCCC2)Cn2c(ccc2-c2ccco2)C(=O)N1CCc1ccccc1. The zero-order valence-electron chi connectivity index (χ0n) is 19.8. The Kier molecular flexibility index (Phi) is 6.31. The third-order valence-corrected chi connectivity index (χ3v) is 7.43. The van der Waals surface area contributed by atoms with Gasteiger partial charge in [0, 0.05) is 12.6 Å². The second kappa shape index (κ2) is 9.53. The molecule has 34 heavy (non-hydrogen) atoms. The summed E-state index contributed by atoms with van der Waals surface area (Å²) in [6, 6.07) is 17.8. The highest BCUT2D eigenvalue weighted by Gasteiger charge is 2.48. The molecular weight excluding hydrogens is 426 g/mol. The van der Waals surface area contributed by atoms with Crippen LogP contribution in [0.4, 0.5) is 0 Å². The lowest BCUT2D eigenvalue weighted by molar-refractivity contribution is -0.133. The predicted octanol–water partition coefficient (Wildman–Crippen LogP) is 5.04. The Hall–Kier alpha value is -3.28. The molecule has 5 rings (SSSR count). The van der Waals surface area contributed by atoms with Crippen molar-refractivity contribution < 1.29 is 14.0 Å². The molecular formula is C28H33N3O3. The Morgan fingerprint density at radius 2 is 1.74 bits per heavy atom. The van der Waals surface area contributed by atoms with Crippen LogP contribution in [0.5, 0.6) is 0 Å². The number of rotatable bonds is 6. The monoisotopic (exact) mass is 459 g/mol. The molecule has 1 aliphatic carbocycles. The lowest BCUT2D eigenvalue weighted by Gasteiger charge is -2.45. The van der Waals surface area contributed by atoms with Gasteiger partial charge in [0.1, 0.15) is 17.0 Å². The summed E-state index contributed by atoms with van der Waals surface area (Å²) in [6.45, 7) is 2.79. The van der Waals surface area contributed by atoms with Gasteiger partial charge in [-0.25, -0.2) is 0 Å². The maximum Gasteiger partial charge on any atom is 0.271 e. The zero-order valence-corrected chi connectivity index (χ0v) is 19.8. The van der Waals surface area contributed by atoms with E-state index in [1.165, 1.54) is 12.8 Å². The number of carbonyl (C=O) groups excluding carboxylic acids is 2. The number of nitrogens with one attached hydrogen (secondary N) is 1. The van der Waals surface area contributed by atoms with Crippen LogP contribution in [0.1, 0.15) is 61.5 Å². The van der Waals surface area contributed by atoms with Gasteiger partial charge in [-0.05, 0) is 56.0 Å². The average Bonchev–Trinajstić information content (AvgIpc) is 3.44. The number of amides is 2. The van der Waals surface area contributed by atoms with E-state index >= 15 is 0 Å². The van der Waals surface area contributed by atoms with Crippen LogP contribution in [0.2, 0.25) is 0 Å². The van der Waals surface area contributed by atoms with Crippen LogP contribution in [0.25, 0.3) is 11.5 Å². The summed E-state index contributed by atoms with van der Waals surface area (Å²) in [5.41, 5.74) is 1.58. The number of hydrogen-bond acceptors (Lipinski definition) is 3. The van der Waals surface area contributed by atoms with Gasteiger partial charge in [-0.15, -0.1) is 0 Å². The average molecular weight is 460 g/mol. The first kappa shape index (κ1) is 22.5. The molecule has 1 fully saturated rings. The fourth-order valence-corrected chi connectivity index (χ4v) is 5.41. The second-order valence-electron chi connectivity index (χ2n) is 9.80. The predicted molar refractivity (Wildman–Crippen MR) is 131 cm³/mol. The highest BCUT2D eigenvalue weighted by molar-refractivity contribution is 6.00.